The molecule has 1 aliphatic rings. The minimum Gasteiger partial charge on any atom is -0.478 e. The zero-order valence-electron chi connectivity index (χ0n) is 9.99. The van der Waals surface area contributed by atoms with E-state index in [2.05, 4.69) is 21.2 Å². The van der Waals surface area contributed by atoms with E-state index in [9.17, 15) is 4.79 Å². The number of rotatable bonds is 4. The first kappa shape index (κ1) is 13.7. The highest BCUT2D eigenvalue weighted by Gasteiger charge is 2.15. The normalized spacial score (nSPS) is 19.5. The molecule has 98 valence electrons. The topological polar surface area (TPSA) is 49.3 Å². The summed E-state index contributed by atoms with van der Waals surface area (Å²) in [5, 5.41) is 13.0. The lowest BCUT2D eigenvalue weighted by Crippen LogP contribution is -2.21. The maximum absolute atomic E-state index is 11.2. The van der Waals surface area contributed by atoms with Gasteiger partial charge in [0.2, 0.25) is 0 Å². The predicted molar refractivity (Wildman–Crippen MR) is 79.7 cm³/mol. The number of aromatic carboxylic acids is 1. The molecule has 5 heteroatoms. The average Bonchev–Trinajstić information content (AvgIpc) is 2.38. The first-order valence-corrected chi connectivity index (χ1v) is 7.89. The largest absolute Gasteiger partial charge is 0.478 e. The molecule has 1 saturated heterocycles. The molecule has 1 atom stereocenters. The van der Waals surface area contributed by atoms with Crippen LogP contribution in [0.3, 0.4) is 0 Å². The summed E-state index contributed by atoms with van der Waals surface area (Å²) >= 11 is 5.28. The van der Waals surface area contributed by atoms with Gasteiger partial charge in [0.15, 0.2) is 0 Å². The first-order chi connectivity index (χ1) is 8.66. The Labute approximate surface area is 119 Å². The number of carboxylic acid groups (broad SMARTS) is 1. The molecule has 0 aliphatic carbocycles. The molecule has 1 unspecified atom stereocenters. The Balaban J connectivity index is 2.01. The summed E-state index contributed by atoms with van der Waals surface area (Å²) in [5.41, 5.74) is 1.03. The Bertz CT molecular complexity index is 433. The first-order valence-electron chi connectivity index (χ1n) is 6.05. The predicted octanol–water partition coefficient (Wildman–Crippen LogP) is 3.84. The fourth-order valence-corrected chi connectivity index (χ4v) is 3.64. The van der Waals surface area contributed by atoms with E-state index in [4.69, 9.17) is 5.11 Å². The second-order valence-electron chi connectivity index (χ2n) is 4.36. The lowest BCUT2D eigenvalue weighted by atomic mass is 10.1. The highest BCUT2D eigenvalue weighted by molar-refractivity contribution is 9.10. The minimum absolute atomic E-state index is 0.324. The molecule has 0 aromatic heterocycles. The Morgan fingerprint density at radius 2 is 2.33 bits per heavy atom. The summed E-state index contributed by atoms with van der Waals surface area (Å²) in [6.07, 6.45) is 3.81. The number of hydrogen-bond donors (Lipinski definition) is 2. The fraction of sp³-hybridized carbons (Fsp3) is 0.462. The quantitative estimate of drug-likeness (QED) is 0.880. The van der Waals surface area contributed by atoms with Crippen LogP contribution in [0.5, 0.6) is 0 Å². The lowest BCUT2D eigenvalue weighted by molar-refractivity contribution is 0.0698. The van der Waals surface area contributed by atoms with Crippen LogP contribution < -0.4 is 5.32 Å². The third kappa shape index (κ3) is 3.65. The zero-order valence-corrected chi connectivity index (χ0v) is 12.4. The number of anilines is 1. The standard InChI is InChI=1S/C13H16BrNO2S/c14-9-4-5-12(11(7-9)13(16)17)15-8-10-3-1-2-6-18-10/h4-5,7,10,15H,1-3,6,8H2,(H,16,17). The molecule has 0 amide bonds. The summed E-state index contributed by atoms with van der Waals surface area (Å²) in [6.45, 7) is 0.840. The summed E-state index contributed by atoms with van der Waals surface area (Å²) in [5.74, 6) is 0.327. The maximum atomic E-state index is 11.2. The van der Waals surface area contributed by atoms with Crippen LogP contribution in [0.2, 0.25) is 0 Å². The van der Waals surface area contributed by atoms with Crippen molar-refractivity contribution in [3.63, 3.8) is 0 Å². The third-order valence-corrected chi connectivity index (χ3v) is 4.90. The number of carbonyl (C=O) groups is 1. The van der Waals surface area contributed by atoms with Gasteiger partial charge < -0.3 is 10.4 Å². The van der Waals surface area contributed by atoms with Gasteiger partial charge in [0, 0.05) is 22.0 Å². The van der Waals surface area contributed by atoms with Gasteiger partial charge in [-0.15, -0.1) is 0 Å². The molecule has 1 heterocycles. The number of halogens is 1. The van der Waals surface area contributed by atoms with Crippen molar-refractivity contribution in [2.45, 2.75) is 24.5 Å². The Morgan fingerprint density at radius 1 is 1.50 bits per heavy atom. The van der Waals surface area contributed by atoms with Gasteiger partial charge in [-0.3, -0.25) is 0 Å². The van der Waals surface area contributed by atoms with E-state index in [1.807, 2.05) is 23.9 Å². The molecule has 1 fully saturated rings. The molecule has 2 rings (SSSR count). The van der Waals surface area contributed by atoms with Crippen LogP contribution in [0, 0.1) is 0 Å². The second-order valence-corrected chi connectivity index (χ2v) is 6.69. The SMILES string of the molecule is O=C(O)c1cc(Br)ccc1NCC1CCCCS1. The highest BCUT2D eigenvalue weighted by atomic mass is 79.9. The monoisotopic (exact) mass is 329 g/mol. The molecule has 0 radical (unpaired) electrons. The number of hydrogen-bond acceptors (Lipinski definition) is 3. The molecular weight excluding hydrogens is 314 g/mol. The number of benzene rings is 1. The molecule has 1 aromatic rings. The Morgan fingerprint density at radius 3 is 3.00 bits per heavy atom. The molecule has 0 spiro atoms. The van der Waals surface area contributed by atoms with Gasteiger partial charge in [0.1, 0.15) is 0 Å². The summed E-state index contributed by atoms with van der Waals surface area (Å²) in [7, 11) is 0. The molecular formula is C13H16BrNO2S. The van der Waals surface area contributed by atoms with E-state index in [1.165, 1.54) is 25.0 Å². The van der Waals surface area contributed by atoms with Crippen molar-refractivity contribution in [1.82, 2.24) is 0 Å². The Kier molecular flexibility index (Phi) is 4.95. The van der Waals surface area contributed by atoms with Gasteiger partial charge in [-0.2, -0.15) is 11.8 Å². The summed E-state index contributed by atoms with van der Waals surface area (Å²) < 4.78 is 0.789. The van der Waals surface area contributed by atoms with Gasteiger partial charge in [-0.05, 0) is 36.8 Å². The number of carboxylic acids is 1. The molecule has 18 heavy (non-hydrogen) atoms. The van der Waals surface area contributed by atoms with Crippen molar-refractivity contribution in [2.24, 2.45) is 0 Å². The maximum Gasteiger partial charge on any atom is 0.337 e. The van der Waals surface area contributed by atoms with Crippen LogP contribution in [0.25, 0.3) is 0 Å². The van der Waals surface area contributed by atoms with Crippen molar-refractivity contribution in [3.05, 3.63) is 28.2 Å². The van der Waals surface area contributed by atoms with Gasteiger partial charge in [0.25, 0.3) is 0 Å². The van der Waals surface area contributed by atoms with Crippen LogP contribution in [-0.2, 0) is 0 Å². The molecule has 0 saturated carbocycles. The van der Waals surface area contributed by atoms with E-state index in [0.29, 0.717) is 16.5 Å². The van der Waals surface area contributed by atoms with Crippen molar-refractivity contribution >= 4 is 39.3 Å². The van der Waals surface area contributed by atoms with E-state index in [-0.39, 0.29) is 0 Å². The van der Waals surface area contributed by atoms with Crippen LogP contribution >= 0.6 is 27.7 Å². The van der Waals surface area contributed by atoms with Crippen LogP contribution in [0.15, 0.2) is 22.7 Å². The van der Waals surface area contributed by atoms with Gasteiger partial charge >= 0.3 is 5.97 Å². The highest BCUT2D eigenvalue weighted by Crippen LogP contribution is 2.26. The van der Waals surface area contributed by atoms with Crippen molar-refractivity contribution in [1.29, 1.82) is 0 Å². The zero-order chi connectivity index (χ0) is 13.0. The van der Waals surface area contributed by atoms with Gasteiger partial charge in [-0.25, -0.2) is 4.79 Å². The van der Waals surface area contributed by atoms with Crippen LogP contribution in [0.1, 0.15) is 29.6 Å². The number of nitrogens with one attached hydrogen (secondary N) is 1. The van der Waals surface area contributed by atoms with Gasteiger partial charge in [-0.1, -0.05) is 22.4 Å². The van der Waals surface area contributed by atoms with E-state index in [1.54, 1.807) is 6.07 Å². The van der Waals surface area contributed by atoms with Crippen LogP contribution in [-0.4, -0.2) is 28.6 Å². The summed E-state index contributed by atoms with van der Waals surface area (Å²) in [4.78, 5) is 11.2. The van der Waals surface area contributed by atoms with E-state index < -0.39 is 5.97 Å². The van der Waals surface area contributed by atoms with Crippen molar-refractivity contribution in [3.8, 4) is 0 Å². The second kappa shape index (κ2) is 6.48. The fourth-order valence-electron chi connectivity index (χ4n) is 2.04. The number of thioether (sulfide) groups is 1. The lowest BCUT2D eigenvalue weighted by Gasteiger charge is -2.22. The molecule has 1 aliphatic heterocycles. The van der Waals surface area contributed by atoms with Gasteiger partial charge in [0.05, 0.1) is 5.56 Å². The molecule has 0 bridgehead atoms. The third-order valence-electron chi connectivity index (χ3n) is 3.01. The molecule has 2 N–H and O–H groups in total. The average molecular weight is 330 g/mol. The van der Waals surface area contributed by atoms with E-state index >= 15 is 0 Å². The van der Waals surface area contributed by atoms with E-state index in [0.717, 1.165) is 11.0 Å². The molecule has 1 aromatic carbocycles. The molecule has 3 nitrogen and oxygen atoms in total. The smallest absolute Gasteiger partial charge is 0.337 e. The Hall–Kier alpha value is -0.680. The minimum atomic E-state index is -0.893. The van der Waals surface area contributed by atoms with Crippen molar-refractivity contribution < 1.29 is 9.90 Å². The summed E-state index contributed by atoms with van der Waals surface area (Å²) in [6, 6.07) is 5.32. The van der Waals surface area contributed by atoms with Crippen LogP contribution in [0.4, 0.5) is 5.69 Å². The van der Waals surface area contributed by atoms with Crippen molar-refractivity contribution in [2.75, 3.05) is 17.6 Å².